The van der Waals surface area contributed by atoms with Gasteiger partial charge in [0.2, 0.25) is 0 Å². The summed E-state index contributed by atoms with van der Waals surface area (Å²) in [5.41, 5.74) is 4.66. The van der Waals surface area contributed by atoms with Crippen molar-refractivity contribution in [3.63, 3.8) is 0 Å². The minimum absolute atomic E-state index is 0.640. The highest BCUT2D eigenvalue weighted by Gasteiger charge is 2.17. The molecule has 2 aromatic carbocycles. The number of rotatable bonds is 0. The maximum Gasteiger partial charge on any atom is 0.129 e. The molecule has 4 rings (SSSR count). The Morgan fingerprint density at radius 1 is 0.944 bits per heavy atom. The summed E-state index contributed by atoms with van der Waals surface area (Å²) in [5, 5.41) is 1.15. The van der Waals surface area contributed by atoms with E-state index in [1.807, 2.05) is 18.3 Å². The van der Waals surface area contributed by atoms with Crippen molar-refractivity contribution in [1.29, 1.82) is 0 Å². The van der Waals surface area contributed by atoms with Crippen molar-refractivity contribution < 1.29 is 4.74 Å². The number of nitrogens with zero attached hydrogens (tertiary/aromatic N) is 1. The topological polar surface area (TPSA) is 22.1 Å². The lowest BCUT2D eigenvalue weighted by molar-refractivity contribution is 0.303. The molecule has 2 heterocycles. The van der Waals surface area contributed by atoms with Gasteiger partial charge in [-0.2, -0.15) is 0 Å². The van der Waals surface area contributed by atoms with Gasteiger partial charge < -0.3 is 4.74 Å². The largest absolute Gasteiger partial charge is 0.488 e. The van der Waals surface area contributed by atoms with Crippen LogP contribution in [0.15, 0.2) is 54.7 Å². The SMILES string of the molecule is c1ccc2c(c1)COc1cc3ncccc3cc1-2. The lowest BCUT2D eigenvalue weighted by atomic mass is 9.96. The summed E-state index contributed by atoms with van der Waals surface area (Å²) < 4.78 is 5.82. The summed E-state index contributed by atoms with van der Waals surface area (Å²) in [6, 6.07) is 16.6. The third kappa shape index (κ3) is 1.32. The molecule has 0 fully saturated rings. The van der Waals surface area contributed by atoms with E-state index in [1.165, 1.54) is 11.1 Å². The van der Waals surface area contributed by atoms with Crippen LogP contribution in [0.3, 0.4) is 0 Å². The Morgan fingerprint density at radius 3 is 2.89 bits per heavy atom. The zero-order chi connectivity index (χ0) is 11.9. The second-order valence-electron chi connectivity index (χ2n) is 4.49. The summed E-state index contributed by atoms with van der Waals surface area (Å²) in [4.78, 5) is 4.37. The van der Waals surface area contributed by atoms with Crippen molar-refractivity contribution in [2.75, 3.05) is 0 Å². The van der Waals surface area contributed by atoms with Gasteiger partial charge in [-0.15, -0.1) is 0 Å². The van der Waals surface area contributed by atoms with Gasteiger partial charge in [-0.3, -0.25) is 4.98 Å². The molecule has 1 aliphatic rings. The Kier molecular flexibility index (Phi) is 1.92. The standard InChI is InChI=1S/C16H11NO/c1-2-6-13-12(4-1)10-18-16-9-15-11(8-14(13)16)5-3-7-17-15/h1-9H,10H2. The van der Waals surface area contributed by atoms with Crippen molar-refractivity contribution in [2.24, 2.45) is 0 Å². The van der Waals surface area contributed by atoms with Gasteiger partial charge in [0, 0.05) is 23.2 Å². The van der Waals surface area contributed by atoms with Gasteiger partial charge in [0.15, 0.2) is 0 Å². The Bertz CT molecular complexity index is 749. The molecule has 0 saturated carbocycles. The number of fused-ring (bicyclic) bond motifs is 4. The van der Waals surface area contributed by atoms with Crippen LogP contribution in [-0.4, -0.2) is 4.98 Å². The molecule has 0 radical (unpaired) electrons. The molecular weight excluding hydrogens is 222 g/mol. The molecule has 2 heteroatoms. The zero-order valence-electron chi connectivity index (χ0n) is 9.76. The van der Waals surface area contributed by atoms with Crippen LogP contribution in [0.25, 0.3) is 22.0 Å². The van der Waals surface area contributed by atoms with Crippen molar-refractivity contribution >= 4 is 10.9 Å². The first-order chi connectivity index (χ1) is 8.92. The van der Waals surface area contributed by atoms with E-state index < -0.39 is 0 Å². The zero-order valence-corrected chi connectivity index (χ0v) is 9.76. The lowest BCUT2D eigenvalue weighted by Gasteiger charge is -2.21. The van der Waals surface area contributed by atoms with E-state index in [9.17, 15) is 0 Å². The Balaban J connectivity index is 2.06. The molecule has 0 unspecified atom stereocenters. The van der Waals surface area contributed by atoms with E-state index in [2.05, 4.69) is 41.4 Å². The van der Waals surface area contributed by atoms with Gasteiger partial charge in [0.25, 0.3) is 0 Å². The van der Waals surface area contributed by atoms with Crippen LogP contribution in [0.5, 0.6) is 5.75 Å². The molecular formula is C16H11NO. The Labute approximate surface area is 105 Å². The number of hydrogen-bond donors (Lipinski definition) is 0. The normalized spacial score (nSPS) is 12.7. The van der Waals surface area contributed by atoms with Crippen LogP contribution in [0.1, 0.15) is 5.56 Å². The molecule has 0 bridgehead atoms. The fourth-order valence-corrected chi connectivity index (χ4v) is 2.50. The van der Waals surface area contributed by atoms with Crippen molar-refractivity contribution in [3.05, 3.63) is 60.3 Å². The molecule has 0 amide bonds. The quantitative estimate of drug-likeness (QED) is 0.589. The average molecular weight is 233 g/mol. The van der Waals surface area contributed by atoms with Crippen molar-refractivity contribution in [1.82, 2.24) is 4.98 Å². The monoisotopic (exact) mass is 233 g/mol. The van der Waals surface area contributed by atoms with E-state index in [-0.39, 0.29) is 0 Å². The first-order valence-corrected chi connectivity index (χ1v) is 6.02. The maximum atomic E-state index is 5.82. The third-order valence-corrected chi connectivity index (χ3v) is 3.40. The highest BCUT2D eigenvalue weighted by Crippen LogP contribution is 2.39. The Hall–Kier alpha value is -2.35. The van der Waals surface area contributed by atoms with Crippen molar-refractivity contribution in [3.8, 4) is 16.9 Å². The molecule has 0 N–H and O–H groups in total. The van der Waals surface area contributed by atoms with E-state index in [0.717, 1.165) is 22.2 Å². The number of hydrogen-bond acceptors (Lipinski definition) is 2. The van der Waals surface area contributed by atoms with Crippen LogP contribution in [0, 0.1) is 0 Å². The number of benzene rings is 2. The summed E-state index contributed by atoms with van der Waals surface area (Å²) in [6.07, 6.45) is 1.81. The van der Waals surface area contributed by atoms with Crippen LogP contribution in [0.2, 0.25) is 0 Å². The second kappa shape index (κ2) is 3.57. The summed E-state index contributed by atoms with van der Waals surface area (Å²) >= 11 is 0. The van der Waals surface area contributed by atoms with Gasteiger partial charge >= 0.3 is 0 Å². The van der Waals surface area contributed by atoms with Gasteiger partial charge in [0.1, 0.15) is 12.4 Å². The van der Waals surface area contributed by atoms with E-state index >= 15 is 0 Å². The smallest absolute Gasteiger partial charge is 0.129 e. The first kappa shape index (κ1) is 9.66. The predicted molar refractivity (Wildman–Crippen MR) is 71.5 cm³/mol. The molecule has 0 spiro atoms. The third-order valence-electron chi connectivity index (χ3n) is 3.40. The van der Waals surface area contributed by atoms with Gasteiger partial charge in [-0.25, -0.2) is 0 Å². The average Bonchev–Trinajstić information content (AvgIpc) is 2.45. The fourth-order valence-electron chi connectivity index (χ4n) is 2.50. The number of pyridine rings is 1. The number of ether oxygens (including phenoxy) is 1. The van der Waals surface area contributed by atoms with Crippen LogP contribution >= 0.6 is 0 Å². The summed E-state index contributed by atoms with van der Waals surface area (Å²) in [6.45, 7) is 0.640. The molecule has 86 valence electrons. The minimum atomic E-state index is 0.640. The van der Waals surface area contributed by atoms with Gasteiger partial charge in [-0.05, 0) is 23.3 Å². The van der Waals surface area contributed by atoms with Gasteiger partial charge in [-0.1, -0.05) is 30.3 Å². The summed E-state index contributed by atoms with van der Waals surface area (Å²) in [7, 11) is 0. The van der Waals surface area contributed by atoms with E-state index in [4.69, 9.17) is 4.74 Å². The van der Waals surface area contributed by atoms with Crippen LogP contribution in [-0.2, 0) is 6.61 Å². The van der Waals surface area contributed by atoms with Gasteiger partial charge in [0.05, 0.1) is 5.52 Å². The molecule has 0 saturated heterocycles. The molecule has 1 aromatic heterocycles. The van der Waals surface area contributed by atoms with E-state index in [0.29, 0.717) is 6.61 Å². The molecule has 2 nitrogen and oxygen atoms in total. The fraction of sp³-hybridized carbons (Fsp3) is 0.0625. The van der Waals surface area contributed by atoms with Crippen LogP contribution in [0.4, 0.5) is 0 Å². The summed E-state index contributed by atoms with van der Waals surface area (Å²) in [5.74, 6) is 0.930. The first-order valence-electron chi connectivity index (χ1n) is 6.02. The second-order valence-corrected chi connectivity index (χ2v) is 4.49. The highest BCUT2D eigenvalue weighted by molar-refractivity contribution is 5.89. The molecule has 18 heavy (non-hydrogen) atoms. The van der Waals surface area contributed by atoms with E-state index in [1.54, 1.807) is 0 Å². The lowest BCUT2D eigenvalue weighted by Crippen LogP contribution is -2.05. The molecule has 0 aliphatic carbocycles. The molecule has 1 aliphatic heterocycles. The van der Waals surface area contributed by atoms with Crippen molar-refractivity contribution in [2.45, 2.75) is 6.61 Å². The number of aromatic nitrogens is 1. The minimum Gasteiger partial charge on any atom is -0.488 e. The molecule has 0 atom stereocenters. The predicted octanol–water partition coefficient (Wildman–Crippen LogP) is 3.79. The highest BCUT2D eigenvalue weighted by atomic mass is 16.5. The Morgan fingerprint density at radius 2 is 1.89 bits per heavy atom. The van der Waals surface area contributed by atoms with Crippen LogP contribution < -0.4 is 4.74 Å². The maximum absolute atomic E-state index is 5.82. The molecule has 3 aromatic rings.